The van der Waals surface area contributed by atoms with Gasteiger partial charge in [0.15, 0.2) is 11.2 Å². The third kappa shape index (κ3) is 3.39. The summed E-state index contributed by atoms with van der Waals surface area (Å²) in [7, 11) is 0. The summed E-state index contributed by atoms with van der Waals surface area (Å²) < 4.78 is 3.26. The van der Waals surface area contributed by atoms with Crippen LogP contribution in [0.25, 0.3) is 5.69 Å². The fraction of sp³-hybridized carbons (Fsp3) is 0.158. The number of carbonyl (C=O) groups excluding carboxylic acids is 1. The standard InChI is InChI=1S/C19H17N5O2/c1-13-8-17(25)9-14(2)23(13)12-18(26)22-19-15(10-20)11-21-24(19)16-6-4-3-5-7-16/h3-9,11H,12H2,1-2H3,(H,22,26). The van der Waals surface area contributed by atoms with Crippen molar-refractivity contribution in [2.75, 3.05) is 5.32 Å². The number of rotatable bonds is 4. The number of nitrogens with zero attached hydrogens (tertiary/aromatic N) is 4. The second-order valence-corrected chi connectivity index (χ2v) is 5.87. The van der Waals surface area contributed by atoms with Crippen LogP contribution in [0.5, 0.6) is 0 Å². The Morgan fingerprint density at radius 2 is 1.85 bits per heavy atom. The van der Waals surface area contributed by atoms with E-state index in [9.17, 15) is 14.9 Å². The highest BCUT2D eigenvalue weighted by molar-refractivity contribution is 5.91. The molecule has 7 nitrogen and oxygen atoms in total. The van der Waals surface area contributed by atoms with Gasteiger partial charge in [0.2, 0.25) is 5.91 Å². The van der Waals surface area contributed by atoms with Gasteiger partial charge in [-0.15, -0.1) is 0 Å². The van der Waals surface area contributed by atoms with Crippen LogP contribution in [0.2, 0.25) is 0 Å². The van der Waals surface area contributed by atoms with E-state index in [0.29, 0.717) is 17.2 Å². The number of benzene rings is 1. The molecular weight excluding hydrogens is 330 g/mol. The van der Waals surface area contributed by atoms with Crippen LogP contribution in [-0.4, -0.2) is 20.3 Å². The molecule has 3 rings (SSSR count). The van der Waals surface area contributed by atoms with Crippen molar-refractivity contribution in [2.45, 2.75) is 20.4 Å². The molecule has 130 valence electrons. The molecule has 1 amide bonds. The molecule has 3 aromatic rings. The number of aryl methyl sites for hydroxylation is 2. The van der Waals surface area contributed by atoms with Gasteiger partial charge in [0.05, 0.1) is 11.9 Å². The number of aromatic nitrogens is 3. The first-order valence-corrected chi connectivity index (χ1v) is 8.01. The molecule has 0 saturated heterocycles. The first-order chi connectivity index (χ1) is 12.5. The largest absolute Gasteiger partial charge is 0.340 e. The van der Waals surface area contributed by atoms with Crippen molar-refractivity contribution < 1.29 is 4.79 Å². The molecule has 7 heteroatoms. The van der Waals surface area contributed by atoms with Gasteiger partial charge in [-0.1, -0.05) is 18.2 Å². The molecule has 0 atom stereocenters. The lowest BCUT2D eigenvalue weighted by Crippen LogP contribution is -2.24. The number of amides is 1. The highest BCUT2D eigenvalue weighted by atomic mass is 16.2. The fourth-order valence-corrected chi connectivity index (χ4v) is 2.77. The van der Waals surface area contributed by atoms with E-state index in [1.165, 1.54) is 23.0 Å². The molecular formula is C19H17N5O2. The van der Waals surface area contributed by atoms with Gasteiger partial charge in [0.1, 0.15) is 18.2 Å². The molecule has 0 unspecified atom stereocenters. The SMILES string of the molecule is Cc1cc(=O)cc(C)n1CC(=O)Nc1c(C#N)cnn1-c1ccccc1. The van der Waals surface area contributed by atoms with Gasteiger partial charge in [0, 0.05) is 23.5 Å². The maximum Gasteiger partial charge on any atom is 0.245 e. The van der Waals surface area contributed by atoms with E-state index in [4.69, 9.17) is 0 Å². The van der Waals surface area contributed by atoms with Crippen LogP contribution >= 0.6 is 0 Å². The average molecular weight is 347 g/mol. The van der Waals surface area contributed by atoms with Crippen molar-refractivity contribution in [1.82, 2.24) is 14.3 Å². The highest BCUT2D eigenvalue weighted by Crippen LogP contribution is 2.19. The van der Waals surface area contributed by atoms with E-state index in [1.54, 1.807) is 18.4 Å². The molecule has 2 aromatic heterocycles. The summed E-state index contributed by atoms with van der Waals surface area (Å²) >= 11 is 0. The van der Waals surface area contributed by atoms with Gasteiger partial charge in [-0.2, -0.15) is 10.4 Å². The predicted octanol–water partition coefficient (Wildman–Crippen LogP) is 2.16. The average Bonchev–Trinajstić information content (AvgIpc) is 3.01. The smallest absolute Gasteiger partial charge is 0.245 e. The third-order valence-corrected chi connectivity index (χ3v) is 4.00. The molecule has 0 saturated carbocycles. The lowest BCUT2D eigenvalue weighted by molar-refractivity contribution is -0.116. The normalized spacial score (nSPS) is 10.3. The summed E-state index contributed by atoms with van der Waals surface area (Å²) in [6, 6.07) is 14.2. The topological polar surface area (TPSA) is 92.7 Å². The molecule has 0 fully saturated rings. The van der Waals surface area contributed by atoms with Crippen LogP contribution in [0.15, 0.2) is 53.5 Å². The Balaban J connectivity index is 1.90. The lowest BCUT2D eigenvalue weighted by atomic mass is 10.3. The van der Waals surface area contributed by atoms with E-state index >= 15 is 0 Å². The minimum absolute atomic E-state index is 0.0305. The van der Waals surface area contributed by atoms with Gasteiger partial charge >= 0.3 is 0 Å². The minimum Gasteiger partial charge on any atom is -0.340 e. The summed E-state index contributed by atoms with van der Waals surface area (Å²) in [5.74, 6) is 0.00841. The number of pyridine rings is 1. The second kappa shape index (κ2) is 7.07. The second-order valence-electron chi connectivity index (χ2n) is 5.87. The van der Waals surface area contributed by atoms with Crippen LogP contribution in [0.1, 0.15) is 17.0 Å². The molecule has 1 aromatic carbocycles. The number of hydrogen-bond donors (Lipinski definition) is 1. The zero-order valence-corrected chi connectivity index (χ0v) is 14.4. The van der Waals surface area contributed by atoms with Crippen molar-refractivity contribution in [3.05, 3.63) is 75.8 Å². The number of para-hydroxylation sites is 1. The Labute approximate surface area is 150 Å². The van der Waals surface area contributed by atoms with E-state index in [-0.39, 0.29) is 23.4 Å². The lowest BCUT2D eigenvalue weighted by Gasteiger charge is -2.15. The molecule has 26 heavy (non-hydrogen) atoms. The van der Waals surface area contributed by atoms with Gasteiger partial charge in [-0.05, 0) is 26.0 Å². The van der Waals surface area contributed by atoms with Crippen LogP contribution in [0.4, 0.5) is 5.82 Å². The predicted molar refractivity (Wildman–Crippen MR) is 97.1 cm³/mol. The molecule has 0 bridgehead atoms. The number of hydrogen-bond acceptors (Lipinski definition) is 4. The molecule has 0 aliphatic carbocycles. The van der Waals surface area contributed by atoms with Crippen molar-refractivity contribution >= 4 is 11.7 Å². The third-order valence-electron chi connectivity index (χ3n) is 4.00. The van der Waals surface area contributed by atoms with Gasteiger partial charge in [0.25, 0.3) is 0 Å². The maximum absolute atomic E-state index is 12.6. The first kappa shape index (κ1) is 17.2. The van der Waals surface area contributed by atoms with Crippen LogP contribution in [0.3, 0.4) is 0 Å². The molecule has 0 spiro atoms. The Bertz CT molecular complexity index is 1030. The molecule has 1 N–H and O–H groups in total. The van der Waals surface area contributed by atoms with Crippen molar-refractivity contribution in [2.24, 2.45) is 0 Å². The van der Waals surface area contributed by atoms with E-state index in [1.807, 2.05) is 36.4 Å². The van der Waals surface area contributed by atoms with E-state index in [0.717, 1.165) is 5.69 Å². The van der Waals surface area contributed by atoms with E-state index in [2.05, 4.69) is 10.4 Å². The van der Waals surface area contributed by atoms with Crippen molar-refractivity contribution in [3.63, 3.8) is 0 Å². The summed E-state index contributed by atoms with van der Waals surface area (Å²) in [6.45, 7) is 3.58. The van der Waals surface area contributed by atoms with Crippen molar-refractivity contribution in [3.8, 4) is 11.8 Å². The Morgan fingerprint density at radius 1 is 1.19 bits per heavy atom. The fourth-order valence-electron chi connectivity index (χ4n) is 2.77. The van der Waals surface area contributed by atoms with Gasteiger partial charge < -0.3 is 9.88 Å². The highest BCUT2D eigenvalue weighted by Gasteiger charge is 2.16. The Morgan fingerprint density at radius 3 is 2.46 bits per heavy atom. The van der Waals surface area contributed by atoms with Crippen LogP contribution in [0, 0.1) is 25.2 Å². The van der Waals surface area contributed by atoms with Gasteiger partial charge in [-0.25, -0.2) is 4.68 Å². The first-order valence-electron chi connectivity index (χ1n) is 8.01. The summed E-state index contributed by atoms with van der Waals surface area (Å²) in [4.78, 5) is 24.1. The zero-order valence-electron chi connectivity index (χ0n) is 14.4. The molecule has 0 aliphatic rings. The monoisotopic (exact) mass is 347 g/mol. The maximum atomic E-state index is 12.6. The number of carbonyl (C=O) groups is 1. The van der Waals surface area contributed by atoms with Gasteiger partial charge in [-0.3, -0.25) is 9.59 Å². The number of nitrogens with one attached hydrogen (secondary N) is 1. The minimum atomic E-state index is -0.311. The number of anilines is 1. The summed E-state index contributed by atoms with van der Waals surface area (Å²) in [5, 5.41) is 16.3. The summed E-state index contributed by atoms with van der Waals surface area (Å²) in [6.07, 6.45) is 1.42. The van der Waals surface area contributed by atoms with Crippen molar-refractivity contribution in [1.29, 1.82) is 5.26 Å². The van der Waals surface area contributed by atoms with E-state index < -0.39 is 0 Å². The Hall–Kier alpha value is -3.66. The number of nitriles is 1. The quantitative estimate of drug-likeness (QED) is 0.783. The zero-order chi connectivity index (χ0) is 18.7. The van der Waals surface area contributed by atoms with Crippen LogP contribution in [-0.2, 0) is 11.3 Å². The molecule has 2 heterocycles. The molecule has 0 radical (unpaired) electrons. The molecule has 0 aliphatic heterocycles. The Kier molecular flexibility index (Phi) is 4.67. The summed E-state index contributed by atoms with van der Waals surface area (Å²) in [5.41, 5.74) is 2.31. The van der Waals surface area contributed by atoms with Crippen LogP contribution < -0.4 is 10.7 Å².